The van der Waals surface area contributed by atoms with E-state index in [2.05, 4.69) is 29.7 Å². The van der Waals surface area contributed by atoms with E-state index >= 15 is 0 Å². The summed E-state index contributed by atoms with van der Waals surface area (Å²) in [4.78, 5) is 21.6. The van der Waals surface area contributed by atoms with Gasteiger partial charge in [-0.25, -0.2) is 18.1 Å². The first-order chi connectivity index (χ1) is 14.5. The van der Waals surface area contributed by atoms with Crippen molar-refractivity contribution in [1.82, 2.24) is 19.1 Å². The quantitative estimate of drug-likeness (QED) is 0.421. The van der Waals surface area contributed by atoms with Gasteiger partial charge in [0, 0.05) is 5.69 Å². The van der Waals surface area contributed by atoms with E-state index in [1.54, 1.807) is 6.20 Å². The third-order valence-electron chi connectivity index (χ3n) is 4.20. The first-order valence-corrected chi connectivity index (χ1v) is 11.0. The second-order valence-electron chi connectivity index (χ2n) is 6.12. The topological polar surface area (TPSA) is 126 Å². The summed E-state index contributed by atoms with van der Waals surface area (Å²) in [6.45, 7) is 0. The Morgan fingerprint density at radius 3 is 2.47 bits per heavy atom. The van der Waals surface area contributed by atoms with Crippen LogP contribution in [-0.4, -0.2) is 35.7 Å². The van der Waals surface area contributed by atoms with Crippen LogP contribution in [0, 0.1) is 0 Å². The number of fused-ring (bicyclic) bond motifs is 1. The number of carbonyl (C=O) groups excluding carboxylic acids is 1. The van der Waals surface area contributed by atoms with Crippen molar-refractivity contribution in [3.8, 4) is 0 Å². The monoisotopic (exact) mass is 440 g/mol. The second-order valence-corrected chi connectivity index (χ2v) is 8.81. The van der Waals surface area contributed by atoms with E-state index in [-0.39, 0.29) is 10.8 Å². The number of hydrogen-bond acceptors (Lipinski definition) is 8. The van der Waals surface area contributed by atoms with Crippen LogP contribution in [0.25, 0.3) is 11.0 Å². The van der Waals surface area contributed by atoms with Crippen LogP contribution in [0.2, 0.25) is 0 Å². The van der Waals surface area contributed by atoms with Gasteiger partial charge in [-0.1, -0.05) is 12.1 Å². The maximum Gasteiger partial charge on any atom is 0.260 e. The van der Waals surface area contributed by atoms with Crippen LogP contribution in [-0.2, 0) is 10.0 Å². The predicted molar refractivity (Wildman–Crippen MR) is 116 cm³/mol. The predicted octanol–water partition coefficient (Wildman–Crippen LogP) is 2.99. The molecule has 30 heavy (non-hydrogen) atoms. The van der Waals surface area contributed by atoms with Gasteiger partial charge in [0.15, 0.2) is 0 Å². The van der Waals surface area contributed by atoms with Gasteiger partial charge in [-0.05, 0) is 55.0 Å². The smallest absolute Gasteiger partial charge is 0.260 e. The minimum Gasteiger partial charge on any atom is -0.329 e. The number of hydrogen-bond donors (Lipinski definition) is 3. The lowest BCUT2D eigenvalue weighted by molar-refractivity contribution is 0.102. The molecule has 2 heterocycles. The molecule has 0 saturated carbocycles. The highest BCUT2D eigenvalue weighted by Crippen LogP contribution is 2.26. The number of para-hydroxylation sites is 2. The maximum atomic E-state index is 12.7. The van der Waals surface area contributed by atoms with Gasteiger partial charge in [-0.3, -0.25) is 9.78 Å². The van der Waals surface area contributed by atoms with E-state index in [1.807, 2.05) is 24.3 Å². The number of anilines is 3. The molecule has 4 aromatic rings. The normalized spacial score (nSPS) is 11.4. The summed E-state index contributed by atoms with van der Waals surface area (Å²) in [5, 5.41) is 6.34. The summed E-state index contributed by atoms with van der Waals surface area (Å²) < 4.78 is 29.9. The molecule has 0 unspecified atom stereocenters. The van der Waals surface area contributed by atoms with E-state index in [1.165, 1.54) is 37.5 Å². The molecule has 0 aliphatic rings. The SMILES string of the molecule is CNS(=O)(=O)c1ccc(NC(=O)c2cnsc2Nc2cnc3ccccc3n2)cc1. The van der Waals surface area contributed by atoms with Crippen LogP contribution in [0.5, 0.6) is 0 Å². The molecule has 0 bridgehead atoms. The number of benzene rings is 2. The zero-order valence-corrected chi connectivity index (χ0v) is 17.3. The lowest BCUT2D eigenvalue weighted by Gasteiger charge is -2.08. The van der Waals surface area contributed by atoms with Crippen LogP contribution in [0.1, 0.15) is 10.4 Å². The molecule has 1 amide bonds. The van der Waals surface area contributed by atoms with Crippen LogP contribution in [0.15, 0.2) is 65.8 Å². The molecular formula is C19H16N6O3S2. The lowest BCUT2D eigenvalue weighted by Crippen LogP contribution is -2.18. The van der Waals surface area contributed by atoms with E-state index in [0.29, 0.717) is 22.1 Å². The van der Waals surface area contributed by atoms with Crippen molar-refractivity contribution in [2.45, 2.75) is 4.90 Å². The summed E-state index contributed by atoms with van der Waals surface area (Å²) in [6.07, 6.45) is 3.04. The molecule has 0 aliphatic heterocycles. The molecule has 0 aliphatic carbocycles. The minimum atomic E-state index is -3.54. The van der Waals surface area contributed by atoms with E-state index in [4.69, 9.17) is 0 Å². The molecule has 9 nitrogen and oxygen atoms in total. The molecule has 0 atom stereocenters. The van der Waals surface area contributed by atoms with Crippen LogP contribution in [0.4, 0.5) is 16.5 Å². The highest BCUT2D eigenvalue weighted by molar-refractivity contribution is 7.89. The zero-order valence-electron chi connectivity index (χ0n) is 15.7. The largest absolute Gasteiger partial charge is 0.329 e. The molecule has 2 aromatic carbocycles. The third-order valence-corrected chi connectivity index (χ3v) is 6.34. The summed E-state index contributed by atoms with van der Waals surface area (Å²) in [7, 11) is -2.20. The third kappa shape index (κ3) is 4.13. The molecule has 152 valence electrons. The van der Waals surface area contributed by atoms with Crippen LogP contribution in [0.3, 0.4) is 0 Å². The fourth-order valence-electron chi connectivity index (χ4n) is 2.66. The number of carbonyl (C=O) groups is 1. The van der Waals surface area contributed by atoms with E-state index in [0.717, 1.165) is 22.6 Å². The fourth-order valence-corrected chi connectivity index (χ4v) is 4.05. The Hall–Kier alpha value is -3.41. The molecule has 2 aromatic heterocycles. The van der Waals surface area contributed by atoms with Gasteiger partial charge in [0.25, 0.3) is 5.91 Å². The number of aromatic nitrogens is 3. The van der Waals surface area contributed by atoms with E-state index in [9.17, 15) is 13.2 Å². The average molecular weight is 441 g/mol. The highest BCUT2D eigenvalue weighted by Gasteiger charge is 2.16. The molecule has 4 rings (SSSR count). The summed E-state index contributed by atoms with van der Waals surface area (Å²) in [6, 6.07) is 13.3. The van der Waals surface area contributed by atoms with Gasteiger partial charge in [-0.2, -0.15) is 4.37 Å². The van der Waals surface area contributed by atoms with Crippen molar-refractivity contribution in [2.24, 2.45) is 0 Å². The van der Waals surface area contributed by atoms with Gasteiger partial charge in [0.1, 0.15) is 10.8 Å². The Kier molecular flexibility index (Phi) is 5.40. The Labute approximate surface area is 176 Å². The molecule has 0 spiro atoms. The van der Waals surface area contributed by atoms with Crippen LogP contribution < -0.4 is 15.4 Å². The number of sulfonamides is 1. The van der Waals surface area contributed by atoms with Gasteiger partial charge in [-0.15, -0.1) is 0 Å². The molecule has 3 N–H and O–H groups in total. The van der Waals surface area contributed by atoms with Gasteiger partial charge in [0.2, 0.25) is 10.0 Å². The van der Waals surface area contributed by atoms with Gasteiger partial charge >= 0.3 is 0 Å². The number of amides is 1. The van der Waals surface area contributed by atoms with Crippen molar-refractivity contribution >= 4 is 55.0 Å². The molecule has 0 fully saturated rings. The van der Waals surface area contributed by atoms with Crippen molar-refractivity contribution in [2.75, 3.05) is 17.7 Å². The van der Waals surface area contributed by atoms with Crippen molar-refractivity contribution in [3.05, 3.63) is 66.5 Å². The second kappa shape index (κ2) is 8.14. The summed E-state index contributed by atoms with van der Waals surface area (Å²) in [5.74, 6) is 0.109. The van der Waals surface area contributed by atoms with Gasteiger partial charge < -0.3 is 10.6 Å². The minimum absolute atomic E-state index is 0.109. The standard InChI is InChI=1S/C19H16N6O3S2/c1-20-30(27,28)13-8-6-12(7-9-13)23-18(26)14-10-22-29-19(14)25-17-11-21-15-4-2-3-5-16(15)24-17/h2-11,20H,1H3,(H,23,26)(H,24,25). The zero-order chi connectivity index (χ0) is 21.1. The molecule has 0 saturated heterocycles. The lowest BCUT2D eigenvalue weighted by atomic mass is 10.2. The highest BCUT2D eigenvalue weighted by atomic mass is 32.2. The Morgan fingerprint density at radius 1 is 1.00 bits per heavy atom. The Bertz CT molecular complexity index is 1320. The Balaban J connectivity index is 1.51. The number of nitrogens with zero attached hydrogens (tertiary/aromatic N) is 3. The maximum absolute atomic E-state index is 12.7. The Morgan fingerprint density at radius 2 is 1.73 bits per heavy atom. The fraction of sp³-hybridized carbons (Fsp3) is 0.0526. The summed E-state index contributed by atoms with van der Waals surface area (Å²) in [5.41, 5.74) is 2.29. The molecule has 11 heteroatoms. The molecule has 0 radical (unpaired) electrons. The molecular weight excluding hydrogens is 424 g/mol. The summed E-state index contributed by atoms with van der Waals surface area (Å²) >= 11 is 1.12. The van der Waals surface area contributed by atoms with Crippen molar-refractivity contribution in [3.63, 3.8) is 0 Å². The van der Waals surface area contributed by atoms with Crippen molar-refractivity contribution < 1.29 is 13.2 Å². The number of nitrogens with one attached hydrogen (secondary N) is 3. The average Bonchev–Trinajstić information content (AvgIpc) is 3.22. The first-order valence-electron chi connectivity index (χ1n) is 8.75. The van der Waals surface area contributed by atoms with Crippen LogP contribution >= 0.6 is 11.5 Å². The number of rotatable bonds is 6. The van der Waals surface area contributed by atoms with Crippen molar-refractivity contribution in [1.29, 1.82) is 0 Å². The van der Waals surface area contributed by atoms with E-state index < -0.39 is 10.0 Å². The van der Waals surface area contributed by atoms with Gasteiger partial charge in [0.05, 0.1) is 33.9 Å². The first kappa shape index (κ1) is 19.9.